The van der Waals surface area contributed by atoms with Gasteiger partial charge in [-0.05, 0) is 19.9 Å². The lowest BCUT2D eigenvalue weighted by Crippen LogP contribution is -2.61. The van der Waals surface area contributed by atoms with Crippen LogP contribution in [-0.2, 0) is 4.79 Å². The van der Waals surface area contributed by atoms with Gasteiger partial charge in [0.05, 0.1) is 6.61 Å². The summed E-state index contributed by atoms with van der Waals surface area (Å²) >= 11 is 0. The number of amides is 1. The molecule has 1 N–H and O–H groups in total. The fourth-order valence-electron chi connectivity index (χ4n) is 2.19. The van der Waals surface area contributed by atoms with Gasteiger partial charge in [-0.25, -0.2) is 0 Å². The molecule has 0 radical (unpaired) electrons. The minimum Gasteiger partial charge on any atom is -0.394 e. The highest BCUT2D eigenvalue weighted by Crippen LogP contribution is 2.16. The van der Waals surface area contributed by atoms with Crippen molar-refractivity contribution in [2.75, 3.05) is 26.7 Å². The Balaban J connectivity index is 2.68. The highest BCUT2D eigenvalue weighted by Gasteiger charge is 2.36. The molecule has 2 unspecified atom stereocenters. The van der Waals surface area contributed by atoms with Crippen LogP contribution in [0.5, 0.6) is 0 Å². The summed E-state index contributed by atoms with van der Waals surface area (Å²) in [7, 11) is 1.80. The van der Waals surface area contributed by atoms with E-state index >= 15 is 0 Å². The Bertz CT molecular complexity index is 221. The van der Waals surface area contributed by atoms with Crippen molar-refractivity contribution in [1.82, 2.24) is 9.80 Å². The minimum absolute atomic E-state index is 0.0479. The van der Waals surface area contributed by atoms with Crippen molar-refractivity contribution in [3.8, 4) is 0 Å². The number of unbranched alkanes of at least 4 members (excludes halogenated alkanes) is 1. The first kappa shape index (κ1) is 12.5. The summed E-state index contributed by atoms with van der Waals surface area (Å²) < 4.78 is 0. The average molecular weight is 214 g/mol. The number of nitrogens with zero attached hydrogens (tertiary/aromatic N) is 2. The smallest absolute Gasteiger partial charge is 0.242 e. The Morgan fingerprint density at radius 3 is 2.73 bits per heavy atom. The van der Waals surface area contributed by atoms with E-state index in [-0.39, 0.29) is 18.6 Å². The van der Waals surface area contributed by atoms with Crippen LogP contribution in [0.15, 0.2) is 0 Å². The molecule has 1 amide bonds. The van der Waals surface area contributed by atoms with Crippen molar-refractivity contribution < 1.29 is 9.90 Å². The molecule has 1 aliphatic heterocycles. The standard InChI is InChI=1S/C11H22N2O2/c1-4-5-6-13-9(2)7-12(3)11(15)10(13)8-14/h9-10,14H,4-8H2,1-3H3. The van der Waals surface area contributed by atoms with Crippen LogP contribution in [0, 0.1) is 0 Å². The fourth-order valence-corrected chi connectivity index (χ4v) is 2.19. The molecule has 1 saturated heterocycles. The maximum Gasteiger partial charge on any atom is 0.242 e. The van der Waals surface area contributed by atoms with Gasteiger partial charge in [0.2, 0.25) is 5.91 Å². The molecule has 88 valence electrons. The molecule has 0 bridgehead atoms. The van der Waals surface area contributed by atoms with E-state index in [1.54, 1.807) is 11.9 Å². The van der Waals surface area contributed by atoms with Crippen molar-refractivity contribution in [3.05, 3.63) is 0 Å². The largest absolute Gasteiger partial charge is 0.394 e. The topological polar surface area (TPSA) is 43.8 Å². The van der Waals surface area contributed by atoms with Gasteiger partial charge in [0.1, 0.15) is 6.04 Å². The zero-order valence-electron chi connectivity index (χ0n) is 9.94. The third-order valence-corrected chi connectivity index (χ3v) is 3.11. The number of aliphatic hydroxyl groups is 1. The lowest BCUT2D eigenvalue weighted by molar-refractivity contribution is -0.145. The second kappa shape index (κ2) is 5.47. The Kier molecular flexibility index (Phi) is 4.54. The molecule has 1 heterocycles. The number of aliphatic hydroxyl groups excluding tert-OH is 1. The zero-order valence-corrected chi connectivity index (χ0v) is 9.94. The Morgan fingerprint density at radius 1 is 1.53 bits per heavy atom. The van der Waals surface area contributed by atoms with Crippen LogP contribution in [-0.4, -0.2) is 59.6 Å². The first-order valence-corrected chi connectivity index (χ1v) is 5.73. The first-order chi connectivity index (χ1) is 7.11. The second-order valence-corrected chi connectivity index (χ2v) is 4.36. The number of hydrogen-bond acceptors (Lipinski definition) is 3. The Hall–Kier alpha value is -0.610. The molecule has 0 aromatic rings. The molecule has 1 aliphatic rings. The van der Waals surface area contributed by atoms with Crippen molar-refractivity contribution in [1.29, 1.82) is 0 Å². The molecule has 0 aromatic carbocycles. The van der Waals surface area contributed by atoms with Crippen LogP contribution in [0.25, 0.3) is 0 Å². The molecule has 4 heteroatoms. The lowest BCUT2D eigenvalue weighted by Gasteiger charge is -2.43. The molecule has 4 nitrogen and oxygen atoms in total. The molecule has 1 fully saturated rings. The quantitative estimate of drug-likeness (QED) is 0.732. The maximum absolute atomic E-state index is 11.8. The average Bonchev–Trinajstić information content (AvgIpc) is 2.21. The maximum atomic E-state index is 11.8. The molecule has 0 spiro atoms. The summed E-state index contributed by atoms with van der Waals surface area (Å²) in [4.78, 5) is 15.6. The monoisotopic (exact) mass is 214 g/mol. The predicted molar refractivity (Wildman–Crippen MR) is 59.6 cm³/mol. The molecule has 0 aliphatic carbocycles. The molecule has 0 aromatic heterocycles. The van der Waals surface area contributed by atoms with Crippen molar-refractivity contribution >= 4 is 5.91 Å². The number of carbonyl (C=O) groups excluding carboxylic acids is 1. The van der Waals surface area contributed by atoms with Gasteiger partial charge < -0.3 is 10.0 Å². The van der Waals surface area contributed by atoms with Crippen molar-refractivity contribution in [2.24, 2.45) is 0 Å². The SMILES string of the molecule is CCCCN1C(C)CN(C)C(=O)C1CO. The second-order valence-electron chi connectivity index (χ2n) is 4.36. The Morgan fingerprint density at radius 2 is 2.20 bits per heavy atom. The third kappa shape index (κ3) is 2.69. The lowest BCUT2D eigenvalue weighted by atomic mass is 10.1. The van der Waals surface area contributed by atoms with Crippen LogP contribution in [0.2, 0.25) is 0 Å². The van der Waals surface area contributed by atoms with Crippen molar-refractivity contribution in [2.45, 2.75) is 38.8 Å². The van der Waals surface area contributed by atoms with Crippen LogP contribution in [0.1, 0.15) is 26.7 Å². The van der Waals surface area contributed by atoms with Gasteiger partial charge >= 0.3 is 0 Å². The third-order valence-electron chi connectivity index (χ3n) is 3.11. The number of likely N-dealkylation sites (N-methyl/N-ethyl adjacent to an activating group) is 1. The van der Waals surface area contributed by atoms with Gasteiger partial charge in [0.25, 0.3) is 0 Å². The summed E-state index contributed by atoms with van der Waals surface area (Å²) in [5, 5.41) is 9.28. The predicted octanol–water partition coefficient (Wildman–Crippen LogP) is 0.310. The van der Waals surface area contributed by atoms with Gasteiger partial charge in [-0.15, -0.1) is 0 Å². The molecule has 0 saturated carbocycles. The van der Waals surface area contributed by atoms with E-state index in [2.05, 4.69) is 18.7 Å². The summed E-state index contributed by atoms with van der Waals surface area (Å²) in [5.74, 6) is 0.0479. The van der Waals surface area contributed by atoms with Gasteiger partial charge in [0, 0.05) is 19.6 Å². The number of rotatable bonds is 4. The van der Waals surface area contributed by atoms with Crippen molar-refractivity contribution in [3.63, 3.8) is 0 Å². The molecule has 15 heavy (non-hydrogen) atoms. The van der Waals surface area contributed by atoms with Crippen LogP contribution in [0.4, 0.5) is 0 Å². The van der Waals surface area contributed by atoms with E-state index < -0.39 is 0 Å². The molecule has 2 atom stereocenters. The highest BCUT2D eigenvalue weighted by atomic mass is 16.3. The number of piperazine rings is 1. The number of carbonyl (C=O) groups is 1. The minimum atomic E-state index is -0.328. The zero-order chi connectivity index (χ0) is 11.4. The normalized spacial score (nSPS) is 28.5. The van der Waals surface area contributed by atoms with E-state index in [4.69, 9.17) is 0 Å². The van der Waals surface area contributed by atoms with Gasteiger partial charge in [-0.1, -0.05) is 13.3 Å². The summed E-state index contributed by atoms with van der Waals surface area (Å²) in [6.45, 7) is 5.84. The number of hydrogen-bond donors (Lipinski definition) is 1. The first-order valence-electron chi connectivity index (χ1n) is 5.73. The van der Waals surface area contributed by atoms with Gasteiger partial charge in [0.15, 0.2) is 0 Å². The summed E-state index contributed by atoms with van der Waals surface area (Å²) in [5.41, 5.74) is 0. The summed E-state index contributed by atoms with van der Waals surface area (Å²) in [6.07, 6.45) is 2.20. The highest BCUT2D eigenvalue weighted by molar-refractivity contribution is 5.82. The van der Waals surface area contributed by atoms with E-state index in [1.807, 2.05) is 0 Å². The van der Waals surface area contributed by atoms with E-state index in [9.17, 15) is 9.90 Å². The van der Waals surface area contributed by atoms with Crippen LogP contribution >= 0.6 is 0 Å². The van der Waals surface area contributed by atoms with E-state index in [1.165, 1.54) is 0 Å². The molecular formula is C11H22N2O2. The Labute approximate surface area is 91.9 Å². The van der Waals surface area contributed by atoms with Crippen LogP contribution < -0.4 is 0 Å². The molecular weight excluding hydrogens is 192 g/mol. The fraction of sp³-hybridized carbons (Fsp3) is 0.909. The summed E-state index contributed by atoms with van der Waals surface area (Å²) in [6, 6.07) is 0.0155. The van der Waals surface area contributed by atoms with E-state index in [0.717, 1.165) is 25.9 Å². The van der Waals surface area contributed by atoms with Gasteiger partial charge in [-0.2, -0.15) is 0 Å². The molecule has 1 rings (SSSR count). The van der Waals surface area contributed by atoms with E-state index in [0.29, 0.717) is 6.04 Å². The van der Waals surface area contributed by atoms with Crippen LogP contribution in [0.3, 0.4) is 0 Å². The van der Waals surface area contributed by atoms with Gasteiger partial charge in [-0.3, -0.25) is 9.69 Å².